The van der Waals surface area contributed by atoms with Crippen LogP contribution < -0.4 is 0 Å². The van der Waals surface area contributed by atoms with Gasteiger partial charge in [0.2, 0.25) is 5.91 Å². The normalized spacial score (nSPS) is 26.6. The van der Waals surface area contributed by atoms with E-state index in [0.29, 0.717) is 11.9 Å². The molecule has 0 aromatic carbocycles. The first-order chi connectivity index (χ1) is 9.20. The first-order valence-electron chi connectivity index (χ1n) is 7.91. The van der Waals surface area contributed by atoms with Gasteiger partial charge >= 0.3 is 0 Å². The smallest absolute Gasteiger partial charge is 0.222 e. The van der Waals surface area contributed by atoms with Gasteiger partial charge in [0.1, 0.15) is 0 Å². The van der Waals surface area contributed by atoms with E-state index >= 15 is 0 Å². The highest BCUT2D eigenvalue weighted by molar-refractivity contribution is 5.76. The summed E-state index contributed by atoms with van der Waals surface area (Å²) in [6.07, 6.45) is 5.70. The van der Waals surface area contributed by atoms with Crippen LogP contribution in [0.4, 0.5) is 0 Å². The van der Waals surface area contributed by atoms with Crippen LogP contribution in [-0.4, -0.2) is 73.0 Å². The lowest BCUT2D eigenvalue weighted by Crippen LogP contribution is -2.48. The number of nitrogens with zero attached hydrogens (tertiary/aromatic N) is 3. The first kappa shape index (κ1) is 14.8. The highest BCUT2D eigenvalue weighted by atomic mass is 16.2. The number of likely N-dealkylation sites (tertiary alicyclic amines) is 1. The molecular weight excluding hydrogens is 238 g/mol. The zero-order valence-electron chi connectivity index (χ0n) is 12.6. The van der Waals surface area contributed by atoms with Gasteiger partial charge in [0.15, 0.2) is 0 Å². The summed E-state index contributed by atoms with van der Waals surface area (Å²) in [4.78, 5) is 19.1. The van der Waals surface area contributed by atoms with E-state index in [4.69, 9.17) is 0 Å². The predicted octanol–water partition coefficient (Wildman–Crippen LogP) is 1.42. The van der Waals surface area contributed by atoms with Gasteiger partial charge in [-0.1, -0.05) is 13.3 Å². The second-order valence-electron chi connectivity index (χ2n) is 5.98. The van der Waals surface area contributed by atoms with Crippen molar-refractivity contribution in [3.8, 4) is 0 Å². The molecule has 2 aliphatic rings. The van der Waals surface area contributed by atoms with Crippen LogP contribution in [-0.2, 0) is 4.79 Å². The van der Waals surface area contributed by atoms with E-state index in [2.05, 4.69) is 28.7 Å². The van der Waals surface area contributed by atoms with Gasteiger partial charge in [-0.3, -0.25) is 4.79 Å². The average molecular weight is 267 g/mol. The van der Waals surface area contributed by atoms with Crippen LogP contribution in [0.1, 0.15) is 39.0 Å². The summed E-state index contributed by atoms with van der Waals surface area (Å²) >= 11 is 0. The number of hydrogen-bond donors (Lipinski definition) is 0. The van der Waals surface area contributed by atoms with Crippen LogP contribution in [0.3, 0.4) is 0 Å². The summed E-state index contributed by atoms with van der Waals surface area (Å²) in [5.74, 6) is 0.370. The van der Waals surface area contributed by atoms with E-state index < -0.39 is 0 Å². The summed E-state index contributed by atoms with van der Waals surface area (Å²) in [5, 5.41) is 0. The molecule has 1 amide bonds. The molecule has 2 aliphatic heterocycles. The van der Waals surface area contributed by atoms with Gasteiger partial charge in [-0.15, -0.1) is 0 Å². The maximum atomic E-state index is 12.2. The fourth-order valence-electron chi connectivity index (χ4n) is 3.27. The number of likely N-dealkylation sites (N-methyl/N-ethyl adjacent to an activating group) is 1. The van der Waals surface area contributed by atoms with Crippen molar-refractivity contribution in [3.05, 3.63) is 0 Å². The standard InChI is InChI=1S/C15H29N3O/c1-3-17-10-12-18(13-11-17)15(19)8-7-14-6-4-5-9-16(14)2/h14H,3-13H2,1-2H3. The Morgan fingerprint density at radius 1 is 1.11 bits per heavy atom. The number of amides is 1. The fourth-order valence-corrected chi connectivity index (χ4v) is 3.27. The van der Waals surface area contributed by atoms with E-state index in [9.17, 15) is 4.79 Å². The summed E-state index contributed by atoms with van der Waals surface area (Å²) in [6, 6.07) is 0.634. The molecule has 0 aromatic heterocycles. The molecule has 0 N–H and O–H groups in total. The Kier molecular flexibility index (Phi) is 5.64. The minimum atomic E-state index is 0.370. The van der Waals surface area contributed by atoms with E-state index in [1.54, 1.807) is 0 Å². The molecule has 1 atom stereocenters. The molecule has 110 valence electrons. The van der Waals surface area contributed by atoms with Crippen molar-refractivity contribution >= 4 is 5.91 Å². The van der Waals surface area contributed by atoms with Crippen molar-refractivity contribution in [2.45, 2.75) is 45.1 Å². The fraction of sp³-hybridized carbons (Fsp3) is 0.933. The Morgan fingerprint density at radius 2 is 1.84 bits per heavy atom. The predicted molar refractivity (Wildman–Crippen MR) is 78.2 cm³/mol. The lowest BCUT2D eigenvalue weighted by molar-refractivity contribution is -0.133. The lowest BCUT2D eigenvalue weighted by Gasteiger charge is -2.35. The maximum absolute atomic E-state index is 12.2. The van der Waals surface area contributed by atoms with E-state index in [-0.39, 0.29) is 0 Å². The summed E-state index contributed by atoms with van der Waals surface area (Å²) in [5.41, 5.74) is 0. The summed E-state index contributed by atoms with van der Waals surface area (Å²) in [7, 11) is 2.20. The molecule has 1 unspecified atom stereocenters. The molecule has 0 saturated carbocycles. The summed E-state index contributed by atoms with van der Waals surface area (Å²) < 4.78 is 0. The number of carbonyl (C=O) groups excluding carboxylic acids is 1. The average Bonchev–Trinajstić information content (AvgIpc) is 2.46. The van der Waals surface area contributed by atoms with Gasteiger partial charge in [0, 0.05) is 38.6 Å². The van der Waals surface area contributed by atoms with Gasteiger partial charge < -0.3 is 14.7 Å². The van der Waals surface area contributed by atoms with E-state index in [0.717, 1.165) is 45.6 Å². The van der Waals surface area contributed by atoms with Crippen molar-refractivity contribution in [2.24, 2.45) is 0 Å². The van der Waals surface area contributed by atoms with Crippen LogP contribution in [0.2, 0.25) is 0 Å². The van der Waals surface area contributed by atoms with E-state index in [1.165, 1.54) is 25.8 Å². The van der Waals surface area contributed by atoms with Crippen molar-refractivity contribution in [3.63, 3.8) is 0 Å². The molecule has 0 spiro atoms. The maximum Gasteiger partial charge on any atom is 0.222 e. The van der Waals surface area contributed by atoms with Gasteiger partial charge in [-0.25, -0.2) is 0 Å². The minimum absolute atomic E-state index is 0.370. The Labute approximate surface area is 117 Å². The third-order valence-corrected chi connectivity index (χ3v) is 4.79. The third-order valence-electron chi connectivity index (χ3n) is 4.79. The summed E-state index contributed by atoms with van der Waals surface area (Å²) in [6.45, 7) is 8.44. The quantitative estimate of drug-likeness (QED) is 0.771. The molecule has 0 bridgehead atoms. The van der Waals surface area contributed by atoms with Gasteiger partial charge in [-0.05, 0) is 39.4 Å². The molecule has 2 heterocycles. The molecule has 0 aliphatic carbocycles. The van der Waals surface area contributed by atoms with Crippen molar-refractivity contribution in [1.82, 2.24) is 14.7 Å². The number of piperidine rings is 1. The molecule has 0 aromatic rings. The van der Waals surface area contributed by atoms with Crippen molar-refractivity contribution in [2.75, 3.05) is 46.3 Å². The van der Waals surface area contributed by atoms with Gasteiger partial charge in [-0.2, -0.15) is 0 Å². The zero-order valence-corrected chi connectivity index (χ0v) is 12.6. The van der Waals surface area contributed by atoms with Crippen molar-refractivity contribution in [1.29, 1.82) is 0 Å². The highest BCUT2D eigenvalue weighted by Gasteiger charge is 2.23. The SMILES string of the molecule is CCN1CCN(C(=O)CCC2CCCCN2C)CC1. The van der Waals surface area contributed by atoms with Crippen LogP contribution in [0.15, 0.2) is 0 Å². The van der Waals surface area contributed by atoms with Crippen molar-refractivity contribution < 1.29 is 4.79 Å². The number of hydrogen-bond acceptors (Lipinski definition) is 3. The van der Waals surface area contributed by atoms with Crippen LogP contribution in [0, 0.1) is 0 Å². The Morgan fingerprint density at radius 3 is 2.47 bits per heavy atom. The van der Waals surface area contributed by atoms with E-state index in [1.807, 2.05) is 0 Å². The second-order valence-corrected chi connectivity index (χ2v) is 5.98. The molecule has 19 heavy (non-hydrogen) atoms. The highest BCUT2D eigenvalue weighted by Crippen LogP contribution is 2.19. The topological polar surface area (TPSA) is 26.8 Å². The number of rotatable bonds is 4. The Hall–Kier alpha value is -0.610. The first-order valence-corrected chi connectivity index (χ1v) is 7.91. The number of piperazine rings is 1. The Bertz CT molecular complexity index is 287. The van der Waals surface area contributed by atoms with Crippen LogP contribution in [0.25, 0.3) is 0 Å². The largest absolute Gasteiger partial charge is 0.340 e. The molecule has 0 radical (unpaired) electrons. The molecule has 4 heteroatoms. The molecule has 2 saturated heterocycles. The zero-order chi connectivity index (χ0) is 13.7. The molecule has 2 fully saturated rings. The third kappa shape index (κ3) is 4.18. The molecular formula is C15H29N3O. The van der Waals surface area contributed by atoms with Gasteiger partial charge in [0.05, 0.1) is 0 Å². The second kappa shape index (κ2) is 7.25. The lowest BCUT2D eigenvalue weighted by atomic mass is 9.98. The minimum Gasteiger partial charge on any atom is -0.340 e. The molecule has 4 nitrogen and oxygen atoms in total. The van der Waals surface area contributed by atoms with Crippen LogP contribution >= 0.6 is 0 Å². The monoisotopic (exact) mass is 267 g/mol. The Balaban J connectivity index is 1.69. The molecule has 2 rings (SSSR count). The van der Waals surface area contributed by atoms with Gasteiger partial charge in [0.25, 0.3) is 0 Å². The van der Waals surface area contributed by atoms with Crippen LogP contribution in [0.5, 0.6) is 0 Å². The number of carbonyl (C=O) groups is 1.